The largest absolute Gasteiger partial charge is 0.394 e. The van der Waals surface area contributed by atoms with Crippen molar-refractivity contribution < 1.29 is 19.4 Å². The van der Waals surface area contributed by atoms with Crippen LogP contribution in [0.4, 0.5) is 0 Å². The van der Waals surface area contributed by atoms with Crippen molar-refractivity contribution in [1.29, 1.82) is 0 Å². The van der Waals surface area contributed by atoms with Crippen molar-refractivity contribution >= 4 is 11.8 Å². The number of ether oxygens (including phenoxy) is 1. The van der Waals surface area contributed by atoms with Crippen LogP contribution < -0.4 is 0 Å². The SMILES string of the molecule is O=C1CC(c2ccccc2)C(=O)N1CCOCCO. The van der Waals surface area contributed by atoms with Crippen LogP contribution in [-0.4, -0.2) is 48.2 Å². The number of hydrogen-bond donors (Lipinski definition) is 1. The van der Waals surface area contributed by atoms with Gasteiger partial charge in [-0.3, -0.25) is 14.5 Å². The third-order valence-electron chi connectivity index (χ3n) is 3.14. The average Bonchev–Trinajstić information content (AvgIpc) is 2.72. The van der Waals surface area contributed by atoms with E-state index in [2.05, 4.69) is 0 Å². The van der Waals surface area contributed by atoms with Crippen molar-refractivity contribution in [2.45, 2.75) is 12.3 Å². The van der Waals surface area contributed by atoms with Gasteiger partial charge < -0.3 is 9.84 Å². The summed E-state index contributed by atoms with van der Waals surface area (Å²) in [7, 11) is 0. The van der Waals surface area contributed by atoms with Gasteiger partial charge in [-0.15, -0.1) is 0 Å². The molecule has 5 nitrogen and oxygen atoms in total. The van der Waals surface area contributed by atoms with Crippen molar-refractivity contribution in [3.8, 4) is 0 Å². The quantitative estimate of drug-likeness (QED) is 0.601. The van der Waals surface area contributed by atoms with Gasteiger partial charge in [-0.25, -0.2) is 0 Å². The molecule has 102 valence electrons. The summed E-state index contributed by atoms with van der Waals surface area (Å²) in [6.07, 6.45) is 0.225. The van der Waals surface area contributed by atoms with Crippen LogP contribution in [0.25, 0.3) is 0 Å². The summed E-state index contributed by atoms with van der Waals surface area (Å²) in [5.41, 5.74) is 0.875. The highest BCUT2D eigenvalue weighted by atomic mass is 16.5. The van der Waals surface area contributed by atoms with Crippen LogP contribution in [-0.2, 0) is 14.3 Å². The first-order valence-electron chi connectivity index (χ1n) is 6.32. The number of aliphatic hydroxyl groups is 1. The summed E-state index contributed by atoms with van der Waals surface area (Å²) in [5, 5.41) is 8.58. The Bertz CT molecular complexity index is 446. The van der Waals surface area contributed by atoms with E-state index in [1.54, 1.807) is 0 Å². The fraction of sp³-hybridized carbons (Fsp3) is 0.429. The predicted molar refractivity (Wildman–Crippen MR) is 68.4 cm³/mol. The fourth-order valence-electron chi connectivity index (χ4n) is 2.19. The second-order valence-electron chi connectivity index (χ2n) is 4.39. The van der Waals surface area contributed by atoms with E-state index in [1.165, 1.54) is 4.90 Å². The summed E-state index contributed by atoms with van der Waals surface area (Å²) in [5.74, 6) is -0.693. The van der Waals surface area contributed by atoms with Gasteiger partial charge in [0.15, 0.2) is 0 Å². The number of hydrogen-bond acceptors (Lipinski definition) is 4. The number of likely N-dealkylation sites (tertiary alicyclic amines) is 1. The molecule has 0 aliphatic carbocycles. The van der Waals surface area contributed by atoms with Crippen molar-refractivity contribution in [3.63, 3.8) is 0 Å². The van der Waals surface area contributed by atoms with Gasteiger partial charge in [0.05, 0.1) is 32.3 Å². The minimum absolute atomic E-state index is 0.0610. The molecule has 1 aliphatic heterocycles. The molecule has 0 saturated carbocycles. The van der Waals surface area contributed by atoms with E-state index in [1.807, 2.05) is 30.3 Å². The third kappa shape index (κ3) is 3.19. The van der Waals surface area contributed by atoms with Crippen molar-refractivity contribution in [3.05, 3.63) is 35.9 Å². The number of benzene rings is 1. The van der Waals surface area contributed by atoms with Gasteiger partial charge >= 0.3 is 0 Å². The van der Waals surface area contributed by atoms with Crippen LogP contribution in [0.2, 0.25) is 0 Å². The van der Waals surface area contributed by atoms with E-state index >= 15 is 0 Å². The van der Waals surface area contributed by atoms with Gasteiger partial charge in [-0.1, -0.05) is 30.3 Å². The highest BCUT2D eigenvalue weighted by molar-refractivity contribution is 6.06. The highest BCUT2D eigenvalue weighted by Gasteiger charge is 2.38. The number of carbonyl (C=O) groups is 2. The molecule has 1 fully saturated rings. The van der Waals surface area contributed by atoms with Crippen LogP contribution in [0.1, 0.15) is 17.9 Å². The second-order valence-corrected chi connectivity index (χ2v) is 4.39. The molecule has 1 N–H and O–H groups in total. The van der Waals surface area contributed by atoms with Gasteiger partial charge in [-0.2, -0.15) is 0 Å². The van der Waals surface area contributed by atoms with Crippen molar-refractivity contribution in [2.75, 3.05) is 26.4 Å². The lowest BCUT2D eigenvalue weighted by Crippen LogP contribution is -2.33. The Morgan fingerprint density at radius 1 is 1.21 bits per heavy atom. The smallest absolute Gasteiger partial charge is 0.237 e. The molecule has 1 aliphatic rings. The molecule has 0 aromatic heterocycles. The van der Waals surface area contributed by atoms with Gasteiger partial charge in [0.25, 0.3) is 0 Å². The minimum atomic E-state index is -0.369. The standard InChI is InChI=1S/C14H17NO4/c16-7-9-19-8-6-15-13(17)10-12(14(15)18)11-4-2-1-3-5-11/h1-5,12,16H,6-10H2. The van der Waals surface area contributed by atoms with Gasteiger partial charge in [0.2, 0.25) is 11.8 Å². The summed E-state index contributed by atoms with van der Waals surface area (Å²) < 4.78 is 5.09. The van der Waals surface area contributed by atoms with Gasteiger partial charge in [-0.05, 0) is 5.56 Å². The molecule has 1 atom stereocenters. The Morgan fingerprint density at radius 2 is 1.95 bits per heavy atom. The van der Waals surface area contributed by atoms with E-state index in [-0.39, 0.29) is 50.5 Å². The molecule has 1 aromatic carbocycles. The molecular formula is C14H17NO4. The Balaban J connectivity index is 1.97. The van der Waals surface area contributed by atoms with Crippen LogP contribution in [0, 0.1) is 0 Å². The molecule has 0 bridgehead atoms. The zero-order valence-electron chi connectivity index (χ0n) is 10.6. The molecule has 2 amide bonds. The first kappa shape index (κ1) is 13.7. The molecule has 0 radical (unpaired) electrons. The lowest BCUT2D eigenvalue weighted by Gasteiger charge is -2.14. The highest BCUT2D eigenvalue weighted by Crippen LogP contribution is 2.29. The number of rotatable bonds is 6. The van der Waals surface area contributed by atoms with E-state index in [0.717, 1.165) is 5.56 Å². The van der Waals surface area contributed by atoms with E-state index in [0.29, 0.717) is 0 Å². The van der Waals surface area contributed by atoms with Crippen LogP contribution in [0.15, 0.2) is 30.3 Å². The van der Waals surface area contributed by atoms with Crippen molar-refractivity contribution in [2.24, 2.45) is 0 Å². The molecule has 0 spiro atoms. The van der Waals surface area contributed by atoms with Gasteiger partial charge in [0.1, 0.15) is 0 Å². The predicted octanol–water partition coefficient (Wildman–Crippen LogP) is 0.538. The Kier molecular flexibility index (Phi) is 4.65. The summed E-state index contributed by atoms with van der Waals surface area (Å²) in [6, 6.07) is 9.33. The van der Waals surface area contributed by atoms with E-state index in [4.69, 9.17) is 9.84 Å². The number of amides is 2. The lowest BCUT2D eigenvalue weighted by molar-refractivity contribution is -0.139. The van der Waals surface area contributed by atoms with E-state index < -0.39 is 0 Å². The molecule has 19 heavy (non-hydrogen) atoms. The molecule has 1 saturated heterocycles. The van der Waals surface area contributed by atoms with Crippen molar-refractivity contribution in [1.82, 2.24) is 4.90 Å². The van der Waals surface area contributed by atoms with E-state index in [9.17, 15) is 9.59 Å². The summed E-state index contributed by atoms with van der Waals surface area (Å²) in [4.78, 5) is 25.3. The maximum atomic E-state index is 12.2. The zero-order chi connectivity index (χ0) is 13.7. The molecule has 1 unspecified atom stereocenters. The maximum Gasteiger partial charge on any atom is 0.237 e. The third-order valence-corrected chi connectivity index (χ3v) is 3.14. The van der Waals surface area contributed by atoms with Crippen LogP contribution in [0.3, 0.4) is 0 Å². The number of imide groups is 1. The number of aliphatic hydroxyl groups excluding tert-OH is 1. The normalized spacial score (nSPS) is 19.2. The summed E-state index contributed by atoms with van der Waals surface area (Å²) >= 11 is 0. The Morgan fingerprint density at radius 3 is 2.63 bits per heavy atom. The molecule has 1 heterocycles. The van der Waals surface area contributed by atoms with Crippen LogP contribution in [0.5, 0.6) is 0 Å². The molecular weight excluding hydrogens is 246 g/mol. The topological polar surface area (TPSA) is 66.8 Å². The Hall–Kier alpha value is -1.72. The molecule has 1 aromatic rings. The second kappa shape index (κ2) is 6.45. The Labute approximate surface area is 111 Å². The first-order valence-corrected chi connectivity index (χ1v) is 6.32. The molecule has 5 heteroatoms. The van der Waals surface area contributed by atoms with Crippen LogP contribution >= 0.6 is 0 Å². The zero-order valence-corrected chi connectivity index (χ0v) is 10.6. The minimum Gasteiger partial charge on any atom is -0.394 e. The lowest BCUT2D eigenvalue weighted by atomic mass is 9.98. The molecule has 2 rings (SSSR count). The average molecular weight is 263 g/mol. The van der Waals surface area contributed by atoms with Gasteiger partial charge in [0, 0.05) is 6.42 Å². The number of nitrogens with zero attached hydrogens (tertiary/aromatic N) is 1. The number of carbonyl (C=O) groups excluding carboxylic acids is 2. The maximum absolute atomic E-state index is 12.2. The first-order chi connectivity index (χ1) is 9.24. The monoisotopic (exact) mass is 263 g/mol. The summed E-state index contributed by atoms with van der Waals surface area (Å²) in [6.45, 7) is 0.674. The fourth-order valence-corrected chi connectivity index (χ4v) is 2.19.